The predicted molar refractivity (Wildman–Crippen MR) is 82.4 cm³/mol. The van der Waals surface area contributed by atoms with E-state index in [0.29, 0.717) is 12.0 Å². The first-order valence-electron chi connectivity index (χ1n) is 7.71. The fourth-order valence-corrected chi connectivity index (χ4v) is 2.68. The van der Waals surface area contributed by atoms with Gasteiger partial charge in [0.05, 0.1) is 0 Å². The lowest BCUT2D eigenvalue weighted by Crippen LogP contribution is -2.60. The summed E-state index contributed by atoms with van der Waals surface area (Å²) >= 11 is 0. The molecule has 0 aliphatic heterocycles. The standard InChI is InChI=1S/C17H27NO2/c1-5-10-19-17-14(18-4)11-16(17)20-15-9-7-6-8-13(15)12(2)3/h6-9,12,14,16-18H,5,10-11H2,1-4H3. The molecule has 0 amide bonds. The maximum Gasteiger partial charge on any atom is 0.128 e. The fourth-order valence-electron chi connectivity index (χ4n) is 2.68. The van der Waals surface area contributed by atoms with E-state index in [4.69, 9.17) is 9.47 Å². The summed E-state index contributed by atoms with van der Waals surface area (Å²) in [4.78, 5) is 0. The zero-order valence-corrected chi connectivity index (χ0v) is 13.1. The molecule has 0 spiro atoms. The van der Waals surface area contributed by atoms with Crippen LogP contribution in [0.1, 0.15) is 45.1 Å². The average Bonchev–Trinajstić information content (AvgIpc) is 2.43. The van der Waals surface area contributed by atoms with Crippen LogP contribution in [0.5, 0.6) is 5.75 Å². The van der Waals surface area contributed by atoms with E-state index < -0.39 is 0 Å². The minimum absolute atomic E-state index is 0.166. The monoisotopic (exact) mass is 277 g/mol. The number of likely N-dealkylation sites (N-methyl/N-ethyl adjacent to an activating group) is 1. The molecule has 0 aromatic heterocycles. The highest BCUT2D eigenvalue weighted by Gasteiger charge is 2.43. The molecule has 2 rings (SSSR count). The van der Waals surface area contributed by atoms with Gasteiger partial charge in [0.2, 0.25) is 0 Å². The van der Waals surface area contributed by atoms with E-state index >= 15 is 0 Å². The first kappa shape index (κ1) is 15.3. The van der Waals surface area contributed by atoms with Crippen molar-refractivity contribution in [1.82, 2.24) is 5.32 Å². The van der Waals surface area contributed by atoms with Crippen LogP contribution in [0.15, 0.2) is 24.3 Å². The van der Waals surface area contributed by atoms with Gasteiger partial charge in [-0.25, -0.2) is 0 Å². The van der Waals surface area contributed by atoms with Crippen LogP contribution in [-0.2, 0) is 4.74 Å². The number of nitrogens with one attached hydrogen (secondary N) is 1. The molecule has 0 saturated heterocycles. The maximum atomic E-state index is 6.22. The van der Waals surface area contributed by atoms with Crippen molar-refractivity contribution in [2.75, 3.05) is 13.7 Å². The van der Waals surface area contributed by atoms with Crippen molar-refractivity contribution in [1.29, 1.82) is 0 Å². The van der Waals surface area contributed by atoms with Crippen LogP contribution in [0.3, 0.4) is 0 Å². The number of ether oxygens (including phenoxy) is 2. The van der Waals surface area contributed by atoms with Crippen molar-refractivity contribution >= 4 is 0 Å². The van der Waals surface area contributed by atoms with Crippen LogP contribution in [0.2, 0.25) is 0 Å². The second-order valence-corrected chi connectivity index (χ2v) is 5.82. The van der Waals surface area contributed by atoms with Gasteiger partial charge in [0.25, 0.3) is 0 Å². The van der Waals surface area contributed by atoms with Crippen molar-refractivity contribution in [3.8, 4) is 5.75 Å². The maximum absolute atomic E-state index is 6.22. The first-order chi connectivity index (χ1) is 9.67. The fraction of sp³-hybridized carbons (Fsp3) is 0.647. The third-order valence-electron chi connectivity index (χ3n) is 3.95. The number of hydrogen-bond donors (Lipinski definition) is 1. The van der Waals surface area contributed by atoms with Crippen LogP contribution < -0.4 is 10.1 Å². The Hall–Kier alpha value is -1.06. The second-order valence-electron chi connectivity index (χ2n) is 5.82. The smallest absolute Gasteiger partial charge is 0.128 e. The lowest BCUT2D eigenvalue weighted by molar-refractivity contribution is -0.106. The van der Waals surface area contributed by atoms with Crippen molar-refractivity contribution in [2.24, 2.45) is 0 Å². The molecule has 20 heavy (non-hydrogen) atoms. The molecule has 3 heteroatoms. The van der Waals surface area contributed by atoms with Gasteiger partial charge in [-0.15, -0.1) is 0 Å². The molecular formula is C17H27NO2. The molecule has 112 valence electrons. The van der Waals surface area contributed by atoms with Crippen LogP contribution in [0.4, 0.5) is 0 Å². The second kappa shape index (κ2) is 7.09. The molecular weight excluding hydrogens is 250 g/mol. The summed E-state index contributed by atoms with van der Waals surface area (Å²) in [5.74, 6) is 1.48. The highest BCUT2D eigenvalue weighted by Crippen LogP contribution is 2.33. The van der Waals surface area contributed by atoms with Gasteiger partial charge in [-0.2, -0.15) is 0 Å². The molecule has 1 fully saturated rings. The Balaban J connectivity index is 2.02. The van der Waals surface area contributed by atoms with Crippen molar-refractivity contribution < 1.29 is 9.47 Å². The molecule has 1 aromatic carbocycles. The third-order valence-corrected chi connectivity index (χ3v) is 3.95. The Kier molecular flexibility index (Phi) is 5.44. The molecule has 3 nitrogen and oxygen atoms in total. The highest BCUT2D eigenvalue weighted by atomic mass is 16.5. The van der Waals surface area contributed by atoms with Gasteiger partial charge in [0.1, 0.15) is 18.0 Å². The van der Waals surface area contributed by atoms with Crippen molar-refractivity contribution in [2.45, 2.75) is 57.8 Å². The first-order valence-corrected chi connectivity index (χ1v) is 7.71. The summed E-state index contributed by atoms with van der Waals surface area (Å²) in [5.41, 5.74) is 1.27. The molecule has 3 atom stereocenters. The highest BCUT2D eigenvalue weighted by molar-refractivity contribution is 5.36. The molecule has 0 heterocycles. The molecule has 1 aromatic rings. The topological polar surface area (TPSA) is 30.5 Å². The van der Waals surface area contributed by atoms with Gasteiger partial charge in [-0.05, 0) is 31.0 Å². The Labute approximate surface area is 122 Å². The van der Waals surface area contributed by atoms with Gasteiger partial charge in [0, 0.05) is 19.1 Å². The van der Waals surface area contributed by atoms with Gasteiger partial charge in [0.15, 0.2) is 0 Å². The van der Waals surface area contributed by atoms with E-state index in [1.807, 2.05) is 13.1 Å². The normalized spacial score (nSPS) is 25.6. The molecule has 0 radical (unpaired) electrons. The SMILES string of the molecule is CCCOC1C(NC)CC1Oc1ccccc1C(C)C. The van der Waals surface area contributed by atoms with Gasteiger partial charge in [-0.1, -0.05) is 39.0 Å². The third kappa shape index (κ3) is 3.33. The largest absolute Gasteiger partial charge is 0.487 e. The zero-order valence-electron chi connectivity index (χ0n) is 13.1. The molecule has 1 aliphatic carbocycles. The van der Waals surface area contributed by atoms with Crippen LogP contribution in [0.25, 0.3) is 0 Å². The van der Waals surface area contributed by atoms with Gasteiger partial charge < -0.3 is 14.8 Å². The minimum Gasteiger partial charge on any atom is -0.487 e. The van der Waals surface area contributed by atoms with Gasteiger partial charge in [-0.3, -0.25) is 0 Å². The lowest BCUT2D eigenvalue weighted by atomic mass is 9.85. The predicted octanol–water partition coefficient (Wildman–Crippen LogP) is 3.34. The number of benzene rings is 1. The zero-order chi connectivity index (χ0) is 14.5. The molecule has 1 saturated carbocycles. The quantitative estimate of drug-likeness (QED) is 0.829. The Morgan fingerprint density at radius 1 is 1.30 bits per heavy atom. The summed E-state index contributed by atoms with van der Waals surface area (Å²) in [6.07, 6.45) is 2.39. The molecule has 1 N–H and O–H groups in total. The van der Waals surface area contributed by atoms with Crippen molar-refractivity contribution in [3.63, 3.8) is 0 Å². The Morgan fingerprint density at radius 2 is 2.05 bits per heavy atom. The molecule has 1 aliphatic rings. The summed E-state index contributed by atoms with van der Waals surface area (Å²) in [6, 6.07) is 8.74. The summed E-state index contributed by atoms with van der Waals surface area (Å²) in [7, 11) is 1.99. The molecule has 3 unspecified atom stereocenters. The lowest BCUT2D eigenvalue weighted by Gasteiger charge is -2.44. The van der Waals surface area contributed by atoms with E-state index in [1.165, 1.54) is 5.56 Å². The Morgan fingerprint density at radius 3 is 2.70 bits per heavy atom. The van der Waals surface area contributed by atoms with Crippen LogP contribution in [-0.4, -0.2) is 31.9 Å². The molecule has 0 bridgehead atoms. The van der Waals surface area contributed by atoms with Crippen molar-refractivity contribution in [3.05, 3.63) is 29.8 Å². The van der Waals surface area contributed by atoms with E-state index in [-0.39, 0.29) is 12.2 Å². The Bertz CT molecular complexity index is 419. The number of hydrogen-bond acceptors (Lipinski definition) is 3. The van der Waals surface area contributed by atoms with Crippen LogP contribution >= 0.6 is 0 Å². The summed E-state index contributed by atoms with van der Waals surface area (Å²) < 4.78 is 12.1. The van der Waals surface area contributed by atoms with Gasteiger partial charge >= 0.3 is 0 Å². The van der Waals surface area contributed by atoms with E-state index in [1.54, 1.807) is 0 Å². The summed E-state index contributed by atoms with van der Waals surface area (Å²) in [6.45, 7) is 7.33. The minimum atomic E-state index is 0.166. The van der Waals surface area contributed by atoms with E-state index in [2.05, 4.69) is 44.3 Å². The number of rotatable bonds is 7. The van der Waals surface area contributed by atoms with E-state index in [9.17, 15) is 0 Å². The average molecular weight is 277 g/mol. The summed E-state index contributed by atoms with van der Waals surface area (Å²) in [5, 5.41) is 3.31. The number of para-hydroxylation sites is 1. The van der Waals surface area contributed by atoms with E-state index in [0.717, 1.165) is 25.2 Å². The van der Waals surface area contributed by atoms with Crippen LogP contribution in [0, 0.1) is 0 Å².